The number of pyridine rings is 2. The van der Waals surface area contributed by atoms with Crippen LogP contribution in [-0.4, -0.2) is 21.8 Å². The number of aryl methyl sites for hydroxylation is 4. The summed E-state index contributed by atoms with van der Waals surface area (Å²) in [6.07, 6.45) is -0.409. The van der Waals surface area contributed by atoms with Crippen LogP contribution in [0.3, 0.4) is 0 Å². The third kappa shape index (κ3) is 8.62. The van der Waals surface area contributed by atoms with Gasteiger partial charge in [-0.2, -0.15) is 0 Å². The SMILES string of the molecule is Cc1cc(N)nc(C)c1CNC(=O)c1ccc2c(c1)C1OC2c2cc(Sc3ccccc3)ccc21.Cc1cc(N)nc(C)c1CNC(=O)c1ccc2c(c1)C1OC2c2ccc(Sc3ccccc3)cc21. The molecule has 4 aliphatic heterocycles. The van der Waals surface area contributed by atoms with Gasteiger partial charge in [0.25, 0.3) is 11.8 Å². The maximum atomic E-state index is 13.0. The minimum Gasteiger partial charge on any atom is -0.384 e. The molecular weight excluding hydrogens is 909 g/mol. The zero-order valence-electron chi connectivity index (χ0n) is 39.1. The molecule has 0 radical (unpaired) electrons. The molecular formula is C58H50N6O4S2. The number of nitrogens with two attached hydrogens (primary N) is 2. The Morgan fingerprint density at radius 3 is 1.21 bits per heavy atom. The average molecular weight is 959 g/mol. The second-order valence-electron chi connectivity index (χ2n) is 18.1. The highest BCUT2D eigenvalue weighted by Gasteiger charge is 2.44. The Morgan fingerprint density at radius 1 is 0.457 bits per heavy atom. The molecule has 0 spiro atoms. The molecule has 12 heteroatoms. The van der Waals surface area contributed by atoms with Crippen LogP contribution in [-0.2, 0) is 22.6 Å². The van der Waals surface area contributed by atoms with Crippen molar-refractivity contribution in [3.8, 4) is 0 Å². The van der Waals surface area contributed by atoms with Crippen molar-refractivity contribution in [3.05, 3.63) is 235 Å². The van der Waals surface area contributed by atoms with Crippen LogP contribution in [0.15, 0.2) is 165 Å². The van der Waals surface area contributed by atoms with Crippen molar-refractivity contribution in [1.82, 2.24) is 20.6 Å². The summed E-state index contributed by atoms with van der Waals surface area (Å²) in [4.78, 5) is 39.4. The summed E-state index contributed by atoms with van der Waals surface area (Å²) < 4.78 is 12.7. The van der Waals surface area contributed by atoms with Crippen molar-refractivity contribution in [2.45, 2.75) is 84.8 Å². The summed E-state index contributed by atoms with van der Waals surface area (Å²) in [6, 6.07) is 49.4. The Morgan fingerprint density at radius 2 is 0.814 bits per heavy atom. The highest BCUT2D eigenvalue weighted by atomic mass is 32.2. The third-order valence-corrected chi connectivity index (χ3v) is 15.6. The fourth-order valence-electron chi connectivity index (χ4n) is 10.2. The van der Waals surface area contributed by atoms with Crippen molar-refractivity contribution in [1.29, 1.82) is 0 Å². The van der Waals surface area contributed by atoms with E-state index in [1.165, 1.54) is 41.8 Å². The quantitative estimate of drug-likeness (QED) is 0.104. The van der Waals surface area contributed by atoms with E-state index in [1.807, 2.05) is 88.4 Å². The smallest absolute Gasteiger partial charge is 0.251 e. The van der Waals surface area contributed by atoms with Crippen LogP contribution in [0, 0.1) is 27.7 Å². The van der Waals surface area contributed by atoms with Crippen molar-refractivity contribution in [3.63, 3.8) is 0 Å². The van der Waals surface area contributed by atoms with Crippen molar-refractivity contribution < 1.29 is 19.1 Å². The van der Waals surface area contributed by atoms with E-state index in [9.17, 15) is 9.59 Å². The molecule has 0 aliphatic carbocycles. The maximum Gasteiger partial charge on any atom is 0.251 e. The molecule has 4 atom stereocenters. The summed E-state index contributed by atoms with van der Waals surface area (Å²) in [5.74, 6) is 0.769. The lowest BCUT2D eigenvalue weighted by atomic mass is 9.85. The van der Waals surface area contributed by atoms with Crippen molar-refractivity contribution in [2.75, 3.05) is 11.5 Å². The zero-order chi connectivity index (χ0) is 48.2. The number of hydrogen-bond acceptors (Lipinski definition) is 10. The van der Waals surface area contributed by atoms with E-state index in [4.69, 9.17) is 20.9 Å². The first-order valence-electron chi connectivity index (χ1n) is 23.3. The number of nitrogen functional groups attached to an aromatic ring is 2. The lowest BCUT2D eigenvalue weighted by molar-refractivity contribution is 0.0855. The van der Waals surface area contributed by atoms with Crippen LogP contribution in [0.1, 0.15) is 123 Å². The molecule has 12 rings (SSSR count). The Balaban J connectivity index is 0.000000152. The number of benzene rings is 6. The minimum atomic E-state index is -0.139. The summed E-state index contributed by atoms with van der Waals surface area (Å²) >= 11 is 3.50. The number of carbonyl (C=O) groups excluding carboxylic acids is 2. The molecule has 4 aliphatic rings. The molecule has 0 saturated heterocycles. The third-order valence-electron chi connectivity index (χ3n) is 13.6. The van der Waals surface area contributed by atoms with Crippen molar-refractivity contribution in [2.24, 2.45) is 0 Å². The molecule has 6 aromatic carbocycles. The summed E-state index contributed by atoms with van der Waals surface area (Å²) in [7, 11) is 0. The van der Waals surface area contributed by atoms with Gasteiger partial charge in [0.05, 0.1) is 0 Å². The molecule has 10 nitrogen and oxygen atoms in total. The van der Waals surface area contributed by atoms with E-state index >= 15 is 0 Å². The molecule has 6 heterocycles. The second-order valence-corrected chi connectivity index (χ2v) is 20.4. The minimum absolute atomic E-state index is 0.0657. The van der Waals surface area contributed by atoms with E-state index in [0.29, 0.717) is 35.9 Å². The number of ether oxygens (including phenoxy) is 2. The highest BCUT2D eigenvalue weighted by molar-refractivity contribution is 7.99. The summed E-state index contributed by atoms with van der Waals surface area (Å²) in [6.45, 7) is 8.61. The average Bonchev–Trinajstić information content (AvgIpc) is 4.13. The van der Waals surface area contributed by atoms with Crippen LogP contribution >= 0.6 is 23.5 Å². The number of carbonyl (C=O) groups is 2. The first kappa shape index (κ1) is 45.2. The monoisotopic (exact) mass is 958 g/mol. The first-order chi connectivity index (χ1) is 33.9. The summed E-state index contributed by atoms with van der Waals surface area (Å²) in [5, 5.41) is 6.08. The Kier molecular flexibility index (Phi) is 12.0. The Bertz CT molecular complexity index is 3340. The molecule has 2 aromatic heterocycles. The van der Waals surface area contributed by atoms with Crippen LogP contribution < -0.4 is 22.1 Å². The molecule has 0 saturated carbocycles. The van der Waals surface area contributed by atoms with Gasteiger partial charge in [0.15, 0.2) is 0 Å². The van der Waals surface area contributed by atoms with Gasteiger partial charge in [0, 0.05) is 55.2 Å². The number of amides is 2. The second kappa shape index (κ2) is 18.6. The number of fused-ring (bicyclic) bond motifs is 16. The van der Waals surface area contributed by atoms with E-state index < -0.39 is 0 Å². The van der Waals surface area contributed by atoms with Crippen LogP contribution in [0.5, 0.6) is 0 Å². The summed E-state index contributed by atoms with van der Waals surface area (Å²) in [5.41, 5.74) is 27.9. The number of hydrogen-bond donors (Lipinski definition) is 4. The fourth-order valence-corrected chi connectivity index (χ4v) is 11.9. The molecule has 8 aromatic rings. The van der Waals surface area contributed by atoms with E-state index in [0.717, 1.165) is 55.9 Å². The number of nitrogens with zero attached hydrogens (tertiary/aromatic N) is 2. The van der Waals surface area contributed by atoms with Crippen LogP contribution in [0.25, 0.3) is 0 Å². The zero-order valence-corrected chi connectivity index (χ0v) is 40.7. The molecule has 6 N–H and O–H groups in total. The van der Waals surface area contributed by atoms with E-state index in [1.54, 1.807) is 23.5 Å². The van der Waals surface area contributed by atoms with E-state index in [-0.39, 0.29) is 36.2 Å². The number of rotatable bonds is 10. The molecule has 0 fully saturated rings. The Labute approximate surface area is 415 Å². The van der Waals surface area contributed by atoms with Gasteiger partial charge in [-0.3, -0.25) is 9.59 Å². The van der Waals surface area contributed by atoms with Gasteiger partial charge in [-0.05, 0) is 179 Å². The molecule has 4 bridgehead atoms. The molecule has 70 heavy (non-hydrogen) atoms. The molecule has 348 valence electrons. The molecule has 2 amide bonds. The van der Waals surface area contributed by atoms with Gasteiger partial charge >= 0.3 is 0 Å². The predicted molar refractivity (Wildman–Crippen MR) is 275 cm³/mol. The lowest BCUT2D eigenvalue weighted by Crippen LogP contribution is -2.24. The highest BCUT2D eigenvalue weighted by Crippen LogP contribution is 2.56. The number of aromatic nitrogens is 2. The van der Waals surface area contributed by atoms with Crippen LogP contribution in [0.2, 0.25) is 0 Å². The number of nitrogens with one attached hydrogen (secondary N) is 2. The topological polar surface area (TPSA) is 154 Å². The van der Waals surface area contributed by atoms with Gasteiger partial charge in [-0.25, -0.2) is 9.97 Å². The largest absolute Gasteiger partial charge is 0.384 e. The molecule has 4 unspecified atom stereocenters. The number of anilines is 2. The van der Waals surface area contributed by atoms with Crippen LogP contribution in [0.4, 0.5) is 11.6 Å². The maximum absolute atomic E-state index is 13.0. The van der Waals surface area contributed by atoms with Gasteiger partial charge < -0.3 is 31.6 Å². The normalized spacial score (nSPS) is 17.2. The van der Waals surface area contributed by atoms with Gasteiger partial charge in [-0.1, -0.05) is 84.2 Å². The standard InChI is InChI=1S/2C29H25N3O2S/c1-16-12-26(30)32-17(2)25(16)15-31-29(33)18-8-10-21-23(13-18)27-22-11-9-20(14-24(22)28(21)34-27)35-19-6-4-3-5-7-19;1-16-12-26(30)32-17(2)25(16)15-31-29(33)18-8-10-21-23(13-18)28-24-14-20(9-11-22(24)27(21)34-28)35-19-6-4-3-5-7-19/h2*3-14,27-28H,15H2,1-2H3,(H2,30,32)(H,31,33). The Hall–Kier alpha value is -7.22. The predicted octanol–water partition coefficient (Wildman–Crippen LogP) is 11.8. The first-order valence-corrected chi connectivity index (χ1v) is 24.9. The van der Waals surface area contributed by atoms with E-state index in [2.05, 4.69) is 106 Å². The fraction of sp³-hybridized carbons (Fsp3) is 0.172. The lowest BCUT2D eigenvalue weighted by Gasteiger charge is -2.18. The van der Waals surface area contributed by atoms with Gasteiger partial charge in [0.2, 0.25) is 0 Å². The van der Waals surface area contributed by atoms with Gasteiger partial charge in [-0.15, -0.1) is 0 Å². The van der Waals surface area contributed by atoms with Crippen molar-refractivity contribution >= 4 is 47.0 Å². The van der Waals surface area contributed by atoms with Gasteiger partial charge in [0.1, 0.15) is 36.1 Å².